The second kappa shape index (κ2) is 9.93. The molecule has 0 saturated heterocycles. The molecule has 4 aliphatic rings. The second-order valence-electron chi connectivity index (χ2n) is 11.4. The molecule has 0 unspecified atom stereocenters. The number of hydrogen-bond donors (Lipinski definition) is 0. The number of amides is 1. The lowest BCUT2D eigenvalue weighted by atomic mass is 9.49. The van der Waals surface area contributed by atoms with Crippen LogP contribution in [0.3, 0.4) is 0 Å². The molecule has 0 N–H and O–H groups in total. The molecule has 4 aliphatic carbocycles. The summed E-state index contributed by atoms with van der Waals surface area (Å²) in [5, 5.41) is 0. The Hall–Kier alpha value is -2.61. The summed E-state index contributed by atoms with van der Waals surface area (Å²) in [5.74, 6) is 2.03. The third-order valence-corrected chi connectivity index (χ3v) is 10.0. The molecule has 0 spiro atoms. The van der Waals surface area contributed by atoms with Crippen molar-refractivity contribution in [3.8, 4) is 11.5 Å². The zero-order chi connectivity index (χ0) is 26.4. The molecule has 6 nitrogen and oxygen atoms in total. The van der Waals surface area contributed by atoms with Gasteiger partial charge in [0, 0.05) is 12.6 Å². The first kappa shape index (κ1) is 26.0. The Balaban J connectivity index is 1.41. The summed E-state index contributed by atoms with van der Waals surface area (Å²) >= 11 is 0. The number of hydrogen-bond acceptors (Lipinski definition) is 5. The van der Waals surface area contributed by atoms with E-state index in [4.69, 9.17) is 8.92 Å². The number of carbonyl (C=O) groups excluding carboxylic acids is 1. The molecule has 8 heteroatoms. The fourth-order valence-electron chi connectivity index (χ4n) is 7.17. The molecule has 200 valence electrons. The van der Waals surface area contributed by atoms with Crippen molar-refractivity contribution in [1.29, 1.82) is 0 Å². The standard InChI is InChI=1S/C29H36FNO5S/c1-4-19(2)31(28(32)29-15-21-11-22(16-29)13-23(12-21)17-29)18-20-5-10-26(35-3)27(14-20)36-37(33,34)25-8-6-24(30)7-9-25/h5-10,14,19,21-23H,4,11-13,15-18H2,1-3H3/t19-,21?,22?,23?,29?/m0/s1. The monoisotopic (exact) mass is 529 g/mol. The van der Waals surface area contributed by atoms with Crippen molar-refractivity contribution in [3.63, 3.8) is 0 Å². The Kier molecular flexibility index (Phi) is 6.98. The minimum absolute atomic E-state index is 0.0377. The molecule has 37 heavy (non-hydrogen) atoms. The highest BCUT2D eigenvalue weighted by molar-refractivity contribution is 7.87. The highest BCUT2D eigenvalue weighted by atomic mass is 32.2. The van der Waals surface area contributed by atoms with Crippen LogP contribution in [0.5, 0.6) is 11.5 Å². The van der Waals surface area contributed by atoms with E-state index in [0.717, 1.165) is 55.5 Å². The van der Waals surface area contributed by atoms with E-state index >= 15 is 0 Å². The summed E-state index contributed by atoms with van der Waals surface area (Å²) in [7, 11) is -2.76. The van der Waals surface area contributed by atoms with E-state index in [-0.39, 0.29) is 33.8 Å². The molecule has 4 fully saturated rings. The fourth-order valence-corrected chi connectivity index (χ4v) is 8.11. The number of rotatable bonds is 9. The van der Waals surface area contributed by atoms with Crippen molar-refractivity contribution in [1.82, 2.24) is 4.90 Å². The third-order valence-electron chi connectivity index (χ3n) is 8.76. The number of benzene rings is 2. The van der Waals surface area contributed by atoms with Gasteiger partial charge in [-0.25, -0.2) is 4.39 Å². The largest absolute Gasteiger partial charge is 0.493 e. The molecule has 1 atom stereocenters. The number of methoxy groups -OCH3 is 1. The summed E-state index contributed by atoms with van der Waals surface area (Å²) in [5.41, 5.74) is 0.513. The second-order valence-corrected chi connectivity index (χ2v) is 12.9. The summed E-state index contributed by atoms with van der Waals surface area (Å²) in [6.45, 7) is 4.54. The molecule has 2 aromatic carbocycles. The average Bonchev–Trinajstić information content (AvgIpc) is 2.86. The molecule has 1 amide bonds. The molecule has 0 aliphatic heterocycles. The zero-order valence-corrected chi connectivity index (χ0v) is 22.6. The van der Waals surface area contributed by atoms with Gasteiger partial charge in [-0.3, -0.25) is 4.79 Å². The summed E-state index contributed by atoms with van der Waals surface area (Å²) < 4.78 is 49.8. The first-order chi connectivity index (χ1) is 17.6. The fraction of sp³-hybridized carbons (Fsp3) is 0.552. The molecule has 0 aromatic heterocycles. The summed E-state index contributed by atoms with van der Waals surface area (Å²) in [6, 6.07) is 9.66. The van der Waals surface area contributed by atoms with Crippen LogP contribution in [0, 0.1) is 29.0 Å². The summed E-state index contributed by atoms with van der Waals surface area (Å²) in [6.07, 6.45) is 7.65. The lowest BCUT2D eigenvalue weighted by molar-refractivity contribution is -0.160. The smallest absolute Gasteiger partial charge is 0.339 e. The Morgan fingerprint density at radius 1 is 1.03 bits per heavy atom. The van der Waals surface area contributed by atoms with Crippen LogP contribution in [-0.2, 0) is 21.5 Å². The van der Waals surface area contributed by atoms with Gasteiger partial charge < -0.3 is 13.8 Å². The van der Waals surface area contributed by atoms with Crippen LogP contribution >= 0.6 is 0 Å². The lowest BCUT2D eigenvalue weighted by Crippen LogP contribution is -2.55. The molecule has 4 saturated carbocycles. The zero-order valence-electron chi connectivity index (χ0n) is 21.8. The first-order valence-corrected chi connectivity index (χ1v) is 14.7. The van der Waals surface area contributed by atoms with Crippen LogP contribution in [0.2, 0.25) is 0 Å². The van der Waals surface area contributed by atoms with E-state index < -0.39 is 15.9 Å². The van der Waals surface area contributed by atoms with Crippen LogP contribution in [0.25, 0.3) is 0 Å². The first-order valence-electron chi connectivity index (χ1n) is 13.3. The van der Waals surface area contributed by atoms with Gasteiger partial charge in [-0.1, -0.05) is 13.0 Å². The minimum Gasteiger partial charge on any atom is -0.493 e. The maximum Gasteiger partial charge on any atom is 0.339 e. The van der Waals surface area contributed by atoms with Crippen LogP contribution < -0.4 is 8.92 Å². The van der Waals surface area contributed by atoms with Gasteiger partial charge in [0.15, 0.2) is 11.5 Å². The SMILES string of the molecule is CC[C@H](C)N(Cc1ccc(OC)c(OS(=O)(=O)c2ccc(F)cc2)c1)C(=O)C12CC3CC(CC(C3)C1)C2. The van der Waals surface area contributed by atoms with Gasteiger partial charge in [-0.2, -0.15) is 8.42 Å². The van der Waals surface area contributed by atoms with E-state index in [9.17, 15) is 17.6 Å². The Bertz CT molecular complexity index is 1220. The van der Waals surface area contributed by atoms with Crippen molar-refractivity contribution in [2.75, 3.05) is 7.11 Å². The van der Waals surface area contributed by atoms with E-state index in [0.29, 0.717) is 24.3 Å². The molecular weight excluding hydrogens is 493 g/mol. The normalized spacial score (nSPS) is 27.1. The van der Waals surface area contributed by atoms with Crippen molar-refractivity contribution < 1.29 is 26.5 Å². The maximum absolute atomic E-state index is 14.2. The topological polar surface area (TPSA) is 72.9 Å². The average molecular weight is 530 g/mol. The predicted octanol–water partition coefficient (Wildman–Crippen LogP) is 5.95. The van der Waals surface area contributed by atoms with Crippen molar-refractivity contribution >= 4 is 16.0 Å². The number of ether oxygens (including phenoxy) is 1. The van der Waals surface area contributed by atoms with E-state index in [1.54, 1.807) is 12.1 Å². The molecule has 4 bridgehead atoms. The van der Waals surface area contributed by atoms with E-state index in [1.807, 2.05) is 11.0 Å². The van der Waals surface area contributed by atoms with E-state index in [1.165, 1.54) is 26.4 Å². The molecule has 6 rings (SSSR count). The molecule has 0 radical (unpaired) electrons. The van der Waals surface area contributed by atoms with Crippen LogP contribution in [-0.4, -0.2) is 32.4 Å². The van der Waals surface area contributed by atoms with Crippen LogP contribution in [0.4, 0.5) is 4.39 Å². The quantitative estimate of drug-likeness (QED) is 0.376. The van der Waals surface area contributed by atoms with Gasteiger partial charge in [-0.05, 0) is 112 Å². The van der Waals surface area contributed by atoms with Gasteiger partial charge in [0.05, 0.1) is 12.5 Å². The maximum atomic E-state index is 14.2. The van der Waals surface area contributed by atoms with Gasteiger partial charge in [0.25, 0.3) is 0 Å². The Morgan fingerprint density at radius 3 is 2.16 bits per heavy atom. The molecule has 2 aromatic rings. The van der Waals surface area contributed by atoms with Gasteiger partial charge in [0.2, 0.25) is 5.91 Å². The Labute approximate surface area is 219 Å². The van der Waals surface area contributed by atoms with Crippen molar-refractivity contribution in [2.24, 2.45) is 23.2 Å². The van der Waals surface area contributed by atoms with Crippen molar-refractivity contribution in [3.05, 3.63) is 53.8 Å². The lowest BCUT2D eigenvalue weighted by Gasteiger charge is -2.57. The number of carbonyl (C=O) groups is 1. The number of nitrogens with zero attached hydrogens (tertiary/aromatic N) is 1. The van der Waals surface area contributed by atoms with Gasteiger partial charge in [-0.15, -0.1) is 0 Å². The molecular formula is C29H36FNO5S. The third kappa shape index (κ3) is 5.09. The Morgan fingerprint density at radius 2 is 1.62 bits per heavy atom. The summed E-state index contributed by atoms with van der Waals surface area (Å²) in [4.78, 5) is 16.0. The van der Waals surface area contributed by atoms with Gasteiger partial charge in [0.1, 0.15) is 10.7 Å². The molecule has 0 heterocycles. The van der Waals surface area contributed by atoms with Gasteiger partial charge >= 0.3 is 10.1 Å². The minimum atomic E-state index is -4.20. The van der Waals surface area contributed by atoms with Crippen LogP contribution in [0.1, 0.15) is 64.4 Å². The highest BCUT2D eigenvalue weighted by Crippen LogP contribution is 2.60. The predicted molar refractivity (Wildman–Crippen MR) is 138 cm³/mol. The number of halogens is 1. The highest BCUT2D eigenvalue weighted by Gasteiger charge is 2.55. The van der Waals surface area contributed by atoms with Crippen LogP contribution in [0.15, 0.2) is 47.4 Å². The van der Waals surface area contributed by atoms with Crippen molar-refractivity contribution in [2.45, 2.75) is 76.3 Å². The van der Waals surface area contributed by atoms with E-state index in [2.05, 4.69) is 13.8 Å².